The average molecular weight is 243 g/mol. The molecular weight excluding hydrogens is 225 g/mol. The molecule has 2 rings (SSSR count). The van der Waals surface area contributed by atoms with Crippen LogP contribution in [0.3, 0.4) is 0 Å². The Morgan fingerprint density at radius 1 is 1.06 bits per heavy atom. The maximum atomic E-state index is 14.0. The van der Waals surface area contributed by atoms with Gasteiger partial charge in [-0.2, -0.15) is 0 Å². The summed E-state index contributed by atoms with van der Waals surface area (Å²) in [5, 5.41) is 3.19. The van der Waals surface area contributed by atoms with Crippen LogP contribution >= 0.6 is 0 Å². The lowest BCUT2D eigenvalue weighted by Gasteiger charge is -2.07. The topological polar surface area (TPSA) is 12.0 Å². The minimum absolute atomic E-state index is 0.158. The summed E-state index contributed by atoms with van der Waals surface area (Å²) in [6, 6.07) is 13.4. The molecule has 2 heteroatoms. The fourth-order valence-corrected chi connectivity index (χ4v) is 1.91. The van der Waals surface area contributed by atoms with Gasteiger partial charge in [0.1, 0.15) is 5.82 Å². The van der Waals surface area contributed by atoms with Gasteiger partial charge < -0.3 is 5.32 Å². The van der Waals surface area contributed by atoms with Gasteiger partial charge in [0, 0.05) is 12.1 Å². The maximum Gasteiger partial charge on any atom is 0.131 e. The van der Waals surface area contributed by atoms with Crippen molar-refractivity contribution >= 4 is 0 Å². The van der Waals surface area contributed by atoms with Crippen molar-refractivity contribution in [2.24, 2.45) is 0 Å². The minimum atomic E-state index is -0.158. The molecule has 18 heavy (non-hydrogen) atoms. The van der Waals surface area contributed by atoms with E-state index in [1.807, 2.05) is 50.2 Å². The first-order valence-electron chi connectivity index (χ1n) is 6.27. The minimum Gasteiger partial charge on any atom is -0.313 e. The van der Waals surface area contributed by atoms with Gasteiger partial charge in [0.05, 0.1) is 0 Å². The second kappa shape index (κ2) is 5.78. The smallest absolute Gasteiger partial charge is 0.131 e. The van der Waals surface area contributed by atoms with Gasteiger partial charge in [-0.25, -0.2) is 4.39 Å². The predicted octanol–water partition coefficient (Wildman–Crippen LogP) is 3.91. The summed E-state index contributed by atoms with van der Waals surface area (Å²) in [6.07, 6.45) is 0. The summed E-state index contributed by atoms with van der Waals surface area (Å²) in [5.41, 5.74) is 3.75. The zero-order valence-electron chi connectivity index (χ0n) is 10.8. The van der Waals surface area contributed by atoms with Gasteiger partial charge >= 0.3 is 0 Å². The fourth-order valence-electron chi connectivity index (χ4n) is 1.91. The van der Waals surface area contributed by atoms with Gasteiger partial charge in [0.25, 0.3) is 0 Å². The van der Waals surface area contributed by atoms with Crippen molar-refractivity contribution in [1.29, 1.82) is 0 Å². The average Bonchev–Trinajstić information content (AvgIpc) is 2.38. The molecule has 0 saturated heterocycles. The van der Waals surface area contributed by atoms with Crippen LogP contribution in [0.5, 0.6) is 0 Å². The Kier molecular flexibility index (Phi) is 4.11. The molecule has 0 amide bonds. The Hall–Kier alpha value is -1.67. The van der Waals surface area contributed by atoms with Crippen LogP contribution in [0.4, 0.5) is 4.39 Å². The molecular formula is C16H18FN. The van der Waals surface area contributed by atoms with Crippen molar-refractivity contribution in [3.63, 3.8) is 0 Å². The monoisotopic (exact) mass is 243 g/mol. The van der Waals surface area contributed by atoms with Gasteiger partial charge in [-0.05, 0) is 30.7 Å². The van der Waals surface area contributed by atoms with Crippen LogP contribution in [0.1, 0.15) is 18.1 Å². The van der Waals surface area contributed by atoms with Gasteiger partial charge in [0.15, 0.2) is 0 Å². The number of hydrogen-bond acceptors (Lipinski definition) is 1. The van der Waals surface area contributed by atoms with Crippen molar-refractivity contribution in [3.05, 3.63) is 59.4 Å². The Bertz CT molecular complexity index is 517. The second-order valence-corrected chi connectivity index (χ2v) is 4.46. The van der Waals surface area contributed by atoms with Crippen LogP contribution in [-0.2, 0) is 6.54 Å². The molecule has 0 aliphatic heterocycles. The van der Waals surface area contributed by atoms with Gasteiger partial charge in [-0.3, -0.25) is 0 Å². The molecule has 0 aromatic heterocycles. The van der Waals surface area contributed by atoms with Gasteiger partial charge in [-0.15, -0.1) is 0 Å². The van der Waals surface area contributed by atoms with Crippen LogP contribution in [0, 0.1) is 12.7 Å². The molecule has 94 valence electrons. The first-order chi connectivity index (χ1) is 8.70. The molecule has 0 bridgehead atoms. The van der Waals surface area contributed by atoms with E-state index in [9.17, 15) is 4.39 Å². The Morgan fingerprint density at radius 3 is 2.39 bits per heavy atom. The van der Waals surface area contributed by atoms with E-state index in [0.717, 1.165) is 17.7 Å². The molecule has 0 aliphatic rings. The standard InChI is InChI=1S/C16H18FN/c1-3-18-11-13-6-9-15(16(17)10-13)14-7-4-12(2)5-8-14/h4-10,18H,3,11H2,1-2H3. The molecule has 0 atom stereocenters. The molecule has 0 saturated carbocycles. The number of aryl methyl sites for hydroxylation is 1. The Labute approximate surface area is 108 Å². The van der Waals surface area contributed by atoms with E-state index in [1.54, 1.807) is 6.07 Å². The molecule has 0 aliphatic carbocycles. The summed E-state index contributed by atoms with van der Waals surface area (Å²) >= 11 is 0. The lowest BCUT2D eigenvalue weighted by molar-refractivity contribution is 0.625. The number of benzene rings is 2. The number of hydrogen-bond donors (Lipinski definition) is 1. The van der Waals surface area contributed by atoms with Crippen LogP contribution in [0.25, 0.3) is 11.1 Å². The van der Waals surface area contributed by atoms with E-state index in [1.165, 1.54) is 5.56 Å². The zero-order chi connectivity index (χ0) is 13.0. The highest BCUT2D eigenvalue weighted by Crippen LogP contribution is 2.24. The van der Waals surface area contributed by atoms with E-state index in [2.05, 4.69) is 5.32 Å². The number of halogens is 1. The van der Waals surface area contributed by atoms with Gasteiger partial charge in [-0.1, -0.05) is 48.9 Å². The maximum absolute atomic E-state index is 14.0. The molecule has 0 fully saturated rings. The Balaban J connectivity index is 2.26. The predicted molar refractivity (Wildman–Crippen MR) is 74.0 cm³/mol. The third-order valence-electron chi connectivity index (χ3n) is 2.98. The molecule has 2 aromatic rings. The quantitative estimate of drug-likeness (QED) is 0.858. The van der Waals surface area contributed by atoms with Crippen molar-refractivity contribution < 1.29 is 4.39 Å². The zero-order valence-corrected chi connectivity index (χ0v) is 10.8. The molecule has 1 N–H and O–H groups in total. The third kappa shape index (κ3) is 2.96. The van der Waals surface area contributed by atoms with Crippen molar-refractivity contribution in [3.8, 4) is 11.1 Å². The van der Waals surface area contributed by atoms with Crippen LogP contribution < -0.4 is 5.32 Å². The highest BCUT2D eigenvalue weighted by molar-refractivity contribution is 5.64. The molecule has 2 aromatic carbocycles. The largest absolute Gasteiger partial charge is 0.313 e. The highest BCUT2D eigenvalue weighted by Gasteiger charge is 2.05. The molecule has 0 heterocycles. The fraction of sp³-hybridized carbons (Fsp3) is 0.250. The number of nitrogens with one attached hydrogen (secondary N) is 1. The summed E-state index contributed by atoms with van der Waals surface area (Å²) in [7, 11) is 0. The van der Waals surface area contributed by atoms with Crippen molar-refractivity contribution in [2.75, 3.05) is 6.54 Å². The SMILES string of the molecule is CCNCc1ccc(-c2ccc(C)cc2)c(F)c1. The van der Waals surface area contributed by atoms with Gasteiger partial charge in [0.2, 0.25) is 0 Å². The van der Waals surface area contributed by atoms with E-state index in [4.69, 9.17) is 0 Å². The van der Waals surface area contributed by atoms with Crippen LogP contribution in [0.15, 0.2) is 42.5 Å². The van der Waals surface area contributed by atoms with E-state index in [0.29, 0.717) is 12.1 Å². The van der Waals surface area contributed by atoms with Crippen LogP contribution in [0.2, 0.25) is 0 Å². The summed E-state index contributed by atoms with van der Waals surface area (Å²) in [6.45, 7) is 5.67. The first-order valence-corrected chi connectivity index (χ1v) is 6.27. The first kappa shape index (κ1) is 12.8. The second-order valence-electron chi connectivity index (χ2n) is 4.46. The normalized spacial score (nSPS) is 10.6. The number of rotatable bonds is 4. The Morgan fingerprint density at radius 2 is 1.78 bits per heavy atom. The van der Waals surface area contributed by atoms with Crippen molar-refractivity contribution in [2.45, 2.75) is 20.4 Å². The van der Waals surface area contributed by atoms with E-state index >= 15 is 0 Å². The lowest BCUT2D eigenvalue weighted by Crippen LogP contribution is -2.11. The molecule has 0 unspecified atom stereocenters. The lowest BCUT2D eigenvalue weighted by atomic mass is 10.0. The molecule has 1 nitrogen and oxygen atoms in total. The summed E-state index contributed by atoms with van der Waals surface area (Å²) in [5.74, 6) is -0.158. The van der Waals surface area contributed by atoms with Crippen LogP contribution in [-0.4, -0.2) is 6.54 Å². The summed E-state index contributed by atoms with van der Waals surface area (Å²) < 4.78 is 14.0. The summed E-state index contributed by atoms with van der Waals surface area (Å²) in [4.78, 5) is 0. The van der Waals surface area contributed by atoms with E-state index in [-0.39, 0.29) is 5.82 Å². The van der Waals surface area contributed by atoms with E-state index < -0.39 is 0 Å². The molecule has 0 radical (unpaired) electrons. The van der Waals surface area contributed by atoms with Crippen molar-refractivity contribution in [1.82, 2.24) is 5.32 Å². The molecule has 0 spiro atoms. The highest BCUT2D eigenvalue weighted by atomic mass is 19.1. The third-order valence-corrected chi connectivity index (χ3v) is 2.98.